The molecule has 6 heteroatoms. The Morgan fingerprint density at radius 1 is 1.26 bits per heavy atom. The van der Waals surface area contributed by atoms with Gasteiger partial charge in [-0.3, -0.25) is 14.5 Å². The van der Waals surface area contributed by atoms with E-state index in [0.717, 1.165) is 23.7 Å². The second kappa shape index (κ2) is 6.93. The quantitative estimate of drug-likeness (QED) is 0.701. The highest BCUT2D eigenvalue weighted by molar-refractivity contribution is 6.17. The molecule has 1 aromatic rings. The molecule has 6 nitrogen and oxygen atoms in total. The minimum atomic E-state index is -0.399. The van der Waals surface area contributed by atoms with Gasteiger partial charge in [0, 0.05) is 18.3 Å². The molecule has 0 radical (unpaired) electrons. The number of piperidine rings is 1. The van der Waals surface area contributed by atoms with Crippen LogP contribution < -0.4 is 10.6 Å². The van der Waals surface area contributed by atoms with Crippen molar-refractivity contribution >= 4 is 17.5 Å². The van der Waals surface area contributed by atoms with Gasteiger partial charge in [0.15, 0.2) is 0 Å². The zero-order chi connectivity index (χ0) is 16.2. The molecule has 1 atom stereocenters. The molecule has 2 amide bonds. The molecule has 0 spiro atoms. The van der Waals surface area contributed by atoms with Crippen LogP contribution in [-0.4, -0.2) is 48.1 Å². The van der Waals surface area contributed by atoms with Gasteiger partial charge in [-0.05, 0) is 43.0 Å². The topological polar surface area (TPSA) is 81.7 Å². The lowest BCUT2D eigenvalue weighted by Gasteiger charge is -2.23. The average Bonchev–Trinajstić information content (AvgIpc) is 2.84. The smallest absolute Gasteiger partial charge is 0.277 e. The number of rotatable bonds is 5. The van der Waals surface area contributed by atoms with Gasteiger partial charge in [-0.1, -0.05) is 12.1 Å². The van der Waals surface area contributed by atoms with Gasteiger partial charge in [0.25, 0.3) is 11.8 Å². The number of anilines is 1. The maximum absolute atomic E-state index is 12.1. The molecule has 3 rings (SSSR count). The molecule has 0 bridgehead atoms. The van der Waals surface area contributed by atoms with Crippen molar-refractivity contribution in [2.24, 2.45) is 0 Å². The Hall–Kier alpha value is -2.18. The Labute approximate surface area is 135 Å². The normalized spacial score (nSPS) is 21.5. The minimum absolute atomic E-state index is 0.0208. The predicted octanol–water partition coefficient (Wildman–Crippen LogP) is 0.810. The van der Waals surface area contributed by atoms with Crippen molar-refractivity contribution in [1.29, 1.82) is 0 Å². The molecule has 1 fully saturated rings. The summed E-state index contributed by atoms with van der Waals surface area (Å²) in [6.45, 7) is 1.88. The van der Waals surface area contributed by atoms with E-state index in [9.17, 15) is 9.59 Å². The zero-order valence-corrected chi connectivity index (χ0v) is 12.9. The van der Waals surface area contributed by atoms with Crippen LogP contribution in [0.1, 0.15) is 24.3 Å². The third-order valence-electron chi connectivity index (χ3n) is 4.29. The number of imide groups is 1. The van der Waals surface area contributed by atoms with Crippen LogP contribution in [0, 0.1) is 0 Å². The molecule has 1 unspecified atom stereocenters. The van der Waals surface area contributed by atoms with Crippen LogP contribution in [0.15, 0.2) is 36.0 Å². The highest BCUT2D eigenvalue weighted by Crippen LogP contribution is 2.25. The standard InChI is InChI=1S/C17H21N3O3/c21-9-8-20-16(22)10-15(17(20)23)19-14-5-3-12(4-6-14)13-2-1-7-18-11-13/h3-6,10,13,18-19,21H,1-2,7-9,11H2. The number of hydrogen-bond acceptors (Lipinski definition) is 5. The monoisotopic (exact) mass is 315 g/mol. The molecular weight excluding hydrogens is 294 g/mol. The molecule has 3 N–H and O–H groups in total. The first-order valence-electron chi connectivity index (χ1n) is 7.95. The lowest BCUT2D eigenvalue weighted by atomic mass is 9.91. The van der Waals surface area contributed by atoms with Crippen LogP contribution >= 0.6 is 0 Å². The molecule has 0 aliphatic carbocycles. The second-order valence-corrected chi connectivity index (χ2v) is 5.87. The van der Waals surface area contributed by atoms with E-state index < -0.39 is 11.8 Å². The summed E-state index contributed by atoms with van der Waals surface area (Å²) in [6.07, 6.45) is 3.65. The number of nitrogens with one attached hydrogen (secondary N) is 2. The zero-order valence-electron chi connectivity index (χ0n) is 12.9. The van der Waals surface area contributed by atoms with Gasteiger partial charge in [0.05, 0.1) is 13.2 Å². The van der Waals surface area contributed by atoms with Gasteiger partial charge in [0.2, 0.25) is 0 Å². The average molecular weight is 315 g/mol. The van der Waals surface area contributed by atoms with Crippen LogP contribution in [0.4, 0.5) is 5.69 Å². The third-order valence-corrected chi connectivity index (χ3v) is 4.29. The van der Waals surface area contributed by atoms with E-state index in [2.05, 4.69) is 22.8 Å². The van der Waals surface area contributed by atoms with E-state index in [-0.39, 0.29) is 18.8 Å². The molecule has 23 heavy (non-hydrogen) atoms. The van der Waals surface area contributed by atoms with Gasteiger partial charge < -0.3 is 15.7 Å². The molecule has 1 aromatic carbocycles. The Balaban J connectivity index is 1.65. The number of nitrogens with zero attached hydrogens (tertiary/aromatic N) is 1. The van der Waals surface area contributed by atoms with E-state index in [1.807, 2.05) is 12.1 Å². The highest BCUT2D eigenvalue weighted by atomic mass is 16.3. The van der Waals surface area contributed by atoms with Gasteiger partial charge in [-0.25, -0.2) is 0 Å². The molecule has 122 valence electrons. The molecule has 0 saturated carbocycles. The van der Waals surface area contributed by atoms with E-state index >= 15 is 0 Å². The van der Waals surface area contributed by atoms with Crippen molar-refractivity contribution in [3.8, 4) is 0 Å². The fourth-order valence-electron chi connectivity index (χ4n) is 3.04. The number of β-amino-alcohol motifs (C(OH)–C–C–N with tert-alkyl or cyclic N) is 1. The van der Waals surface area contributed by atoms with Crippen molar-refractivity contribution in [3.63, 3.8) is 0 Å². The van der Waals surface area contributed by atoms with Gasteiger partial charge in [0.1, 0.15) is 5.70 Å². The summed E-state index contributed by atoms with van der Waals surface area (Å²) >= 11 is 0. The maximum atomic E-state index is 12.1. The summed E-state index contributed by atoms with van der Waals surface area (Å²) in [4.78, 5) is 24.8. The first-order valence-corrected chi connectivity index (χ1v) is 7.95. The number of carbonyl (C=O) groups excluding carboxylic acids is 2. The van der Waals surface area contributed by atoms with E-state index in [1.165, 1.54) is 24.5 Å². The molecule has 2 aliphatic rings. The van der Waals surface area contributed by atoms with Crippen molar-refractivity contribution in [2.75, 3.05) is 31.6 Å². The Kier molecular flexibility index (Phi) is 4.73. The van der Waals surface area contributed by atoms with Crippen LogP contribution in [0.2, 0.25) is 0 Å². The third kappa shape index (κ3) is 3.43. The largest absolute Gasteiger partial charge is 0.395 e. The van der Waals surface area contributed by atoms with Crippen LogP contribution in [0.5, 0.6) is 0 Å². The summed E-state index contributed by atoms with van der Waals surface area (Å²) in [5.74, 6) is -0.257. The number of hydrogen-bond donors (Lipinski definition) is 3. The van der Waals surface area contributed by atoms with Gasteiger partial charge in [-0.15, -0.1) is 0 Å². The van der Waals surface area contributed by atoms with Crippen LogP contribution in [0.3, 0.4) is 0 Å². The highest BCUT2D eigenvalue weighted by Gasteiger charge is 2.30. The van der Waals surface area contributed by atoms with Crippen molar-refractivity contribution in [2.45, 2.75) is 18.8 Å². The summed E-state index contributed by atoms with van der Waals surface area (Å²) < 4.78 is 0. The summed E-state index contributed by atoms with van der Waals surface area (Å²) in [5.41, 5.74) is 2.30. The minimum Gasteiger partial charge on any atom is -0.395 e. The number of amides is 2. The van der Waals surface area contributed by atoms with Crippen molar-refractivity contribution in [3.05, 3.63) is 41.6 Å². The van der Waals surface area contributed by atoms with Crippen molar-refractivity contribution < 1.29 is 14.7 Å². The van der Waals surface area contributed by atoms with E-state index in [4.69, 9.17) is 5.11 Å². The first-order chi connectivity index (χ1) is 11.2. The van der Waals surface area contributed by atoms with Crippen molar-refractivity contribution in [1.82, 2.24) is 10.2 Å². The SMILES string of the molecule is O=C1C=C(Nc2ccc(C3CCCNC3)cc2)C(=O)N1CCO. The van der Waals surface area contributed by atoms with E-state index in [1.54, 1.807) is 0 Å². The van der Waals surface area contributed by atoms with E-state index in [0.29, 0.717) is 5.92 Å². The molecule has 2 heterocycles. The number of aliphatic hydroxyl groups is 1. The number of carbonyl (C=O) groups is 2. The first kappa shape index (κ1) is 15.7. The second-order valence-electron chi connectivity index (χ2n) is 5.87. The fourth-order valence-corrected chi connectivity index (χ4v) is 3.04. The Bertz CT molecular complexity index is 618. The lowest BCUT2D eigenvalue weighted by molar-refractivity contribution is -0.137. The van der Waals surface area contributed by atoms with Gasteiger partial charge in [-0.2, -0.15) is 0 Å². The lowest BCUT2D eigenvalue weighted by Crippen LogP contribution is -2.34. The molecule has 1 saturated heterocycles. The Morgan fingerprint density at radius 2 is 2.04 bits per heavy atom. The predicted molar refractivity (Wildman–Crippen MR) is 86.8 cm³/mol. The number of aliphatic hydroxyl groups excluding tert-OH is 1. The van der Waals surface area contributed by atoms with Crippen LogP contribution in [0.25, 0.3) is 0 Å². The summed E-state index contributed by atoms with van der Waals surface area (Å²) in [5, 5.41) is 15.3. The molecule has 2 aliphatic heterocycles. The van der Waals surface area contributed by atoms with Gasteiger partial charge >= 0.3 is 0 Å². The molecular formula is C17H21N3O3. The van der Waals surface area contributed by atoms with Crippen LogP contribution in [-0.2, 0) is 9.59 Å². The maximum Gasteiger partial charge on any atom is 0.277 e. The fraction of sp³-hybridized carbons (Fsp3) is 0.412. The Morgan fingerprint density at radius 3 is 2.70 bits per heavy atom. The summed E-state index contributed by atoms with van der Waals surface area (Å²) in [6, 6.07) is 7.98. The molecule has 0 aromatic heterocycles. The summed E-state index contributed by atoms with van der Waals surface area (Å²) in [7, 11) is 0. The number of benzene rings is 1.